The van der Waals surface area contributed by atoms with Crippen molar-refractivity contribution in [2.75, 3.05) is 6.54 Å². The van der Waals surface area contributed by atoms with Crippen LogP contribution in [0.4, 0.5) is 0 Å². The molecule has 0 bridgehead atoms. The Bertz CT molecular complexity index is 676. The zero-order valence-electron chi connectivity index (χ0n) is 13.2. The van der Waals surface area contributed by atoms with Gasteiger partial charge in [0.05, 0.1) is 12.0 Å². The molecule has 4 rings (SSSR count). The third-order valence-corrected chi connectivity index (χ3v) is 5.69. The van der Waals surface area contributed by atoms with Gasteiger partial charge in [-0.25, -0.2) is 4.98 Å². The maximum atomic E-state index is 13.1. The number of nitrogens with zero attached hydrogens (tertiary/aromatic N) is 3. The normalized spacial score (nSPS) is 24.7. The summed E-state index contributed by atoms with van der Waals surface area (Å²) in [7, 11) is 0. The Morgan fingerprint density at radius 3 is 2.70 bits per heavy atom. The van der Waals surface area contributed by atoms with Crippen LogP contribution in [0.15, 0.2) is 43.0 Å². The van der Waals surface area contributed by atoms with Gasteiger partial charge in [0.2, 0.25) is 5.91 Å². The molecule has 0 radical (unpaired) electrons. The lowest BCUT2D eigenvalue weighted by molar-refractivity contribution is -0.124. The molecule has 0 saturated heterocycles. The molecule has 23 heavy (non-hydrogen) atoms. The Balaban J connectivity index is 1.51. The van der Waals surface area contributed by atoms with Gasteiger partial charge >= 0.3 is 0 Å². The molecular formula is C18H22N4O. The lowest BCUT2D eigenvalue weighted by Gasteiger charge is -2.22. The molecule has 2 fully saturated rings. The van der Waals surface area contributed by atoms with E-state index in [2.05, 4.69) is 27.5 Å². The van der Waals surface area contributed by atoms with E-state index >= 15 is 0 Å². The summed E-state index contributed by atoms with van der Waals surface area (Å²) in [5, 5.41) is 7.22. The maximum absolute atomic E-state index is 13.1. The summed E-state index contributed by atoms with van der Waals surface area (Å²) in [5.74, 6) is 0.186. The minimum Gasteiger partial charge on any atom is -0.353 e. The molecule has 1 spiro atoms. The molecular weight excluding hydrogens is 288 g/mol. The molecule has 5 nitrogen and oxygen atoms in total. The van der Waals surface area contributed by atoms with Gasteiger partial charge in [0, 0.05) is 6.54 Å². The second-order valence-corrected chi connectivity index (χ2v) is 6.85. The molecule has 5 heteroatoms. The number of aromatic nitrogens is 3. The molecule has 1 amide bonds. The molecule has 1 atom stereocenters. The van der Waals surface area contributed by atoms with E-state index in [1.807, 2.05) is 18.2 Å². The molecule has 1 aromatic heterocycles. The highest BCUT2D eigenvalue weighted by Gasteiger charge is 2.72. The number of hydrogen-bond donors (Lipinski definition) is 1. The van der Waals surface area contributed by atoms with Gasteiger partial charge in [-0.05, 0) is 30.2 Å². The highest BCUT2D eigenvalue weighted by molar-refractivity contribution is 5.93. The SMILES string of the molecule is O=C(NCCn1cncn1)[C@]1(c2ccccc2)CC12CCCC2. The van der Waals surface area contributed by atoms with E-state index < -0.39 is 0 Å². The Kier molecular flexibility index (Phi) is 3.43. The van der Waals surface area contributed by atoms with Gasteiger partial charge in [0.1, 0.15) is 12.7 Å². The maximum Gasteiger partial charge on any atom is 0.231 e. The van der Waals surface area contributed by atoms with Crippen LogP contribution in [-0.4, -0.2) is 27.2 Å². The lowest BCUT2D eigenvalue weighted by Crippen LogP contribution is -2.39. The van der Waals surface area contributed by atoms with Crippen LogP contribution in [0, 0.1) is 5.41 Å². The highest BCUT2D eigenvalue weighted by atomic mass is 16.2. The molecule has 120 valence electrons. The van der Waals surface area contributed by atoms with Gasteiger partial charge in [-0.3, -0.25) is 9.48 Å². The second kappa shape index (κ2) is 5.48. The van der Waals surface area contributed by atoms with E-state index in [0.717, 1.165) is 6.42 Å². The summed E-state index contributed by atoms with van der Waals surface area (Å²) in [6, 6.07) is 10.3. The average Bonchev–Trinajstić information content (AvgIpc) is 2.93. The molecule has 2 aromatic rings. The van der Waals surface area contributed by atoms with Crippen LogP contribution >= 0.6 is 0 Å². The van der Waals surface area contributed by atoms with Gasteiger partial charge in [-0.1, -0.05) is 43.2 Å². The monoisotopic (exact) mass is 310 g/mol. The average molecular weight is 310 g/mol. The summed E-state index contributed by atoms with van der Waals surface area (Å²) in [5.41, 5.74) is 1.07. The third kappa shape index (κ3) is 2.26. The lowest BCUT2D eigenvalue weighted by atomic mass is 9.84. The number of nitrogens with one attached hydrogen (secondary N) is 1. The number of rotatable bonds is 5. The van der Waals surface area contributed by atoms with Crippen molar-refractivity contribution in [3.63, 3.8) is 0 Å². The number of amides is 1. The largest absolute Gasteiger partial charge is 0.353 e. The first-order chi connectivity index (χ1) is 11.3. The smallest absolute Gasteiger partial charge is 0.231 e. The van der Waals surface area contributed by atoms with Crippen molar-refractivity contribution in [2.45, 2.75) is 44.1 Å². The van der Waals surface area contributed by atoms with Crippen molar-refractivity contribution in [3.8, 4) is 0 Å². The molecule has 2 aliphatic rings. The van der Waals surface area contributed by atoms with Crippen LogP contribution < -0.4 is 5.32 Å². The molecule has 1 N–H and O–H groups in total. The molecule has 0 unspecified atom stereocenters. The summed E-state index contributed by atoms with van der Waals surface area (Å²) < 4.78 is 1.74. The van der Waals surface area contributed by atoms with Gasteiger partial charge < -0.3 is 5.32 Å². The Morgan fingerprint density at radius 1 is 1.22 bits per heavy atom. The summed E-state index contributed by atoms with van der Waals surface area (Å²) in [6.45, 7) is 1.25. The van der Waals surface area contributed by atoms with Crippen molar-refractivity contribution >= 4 is 5.91 Å². The molecule has 2 aliphatic carbocycles. The van der Waals surface area contributed by atoms with Gasteiger partial charge in [0.15, 0.2) is 0 Å². The van der Waals surface area contributed by atoms with Gasteiger partial charge in [-0.15, -0.1) is 0 Å². The van der Waals surface area contributed by atoms with E-state index in [9.17, 15) is 4.79 Å². The fourth-order valence-corrected chi connectivity index (χ4v) is 4.48. The van der Waals surface area contributed by atoms with Gasteiger partial charge in [-0.2, -0.15) is 5.10 Å². The van der Waals surface area contributed by atoms with Crippen LogP contribution in [0.3, 0.4) is 0 Å². The van der Waals surface area contributed by atoms with Crippen LogP contribution in [0.5, 0.6) is 0 Å². The second-order valence-electron chi connectivity index (χ2n) is 6.85. The van der Waals surface area contributed by atoms with Gasteiger partial charge in [0.25, 0.3) is 0 Å². The minimum absolute atomic E-state index is 0.186. The van der Waals surface area contributed by atoms with E-state index in [1.165, 1.54) is 37.6 Å². The molecule has 2 saturated carbocycles. The first-order valence-corrected chi connectivity index (χ1v) is 8.43. The van der Waals surface area contributed by atoms with Crippen molar-refractivity contribution in [3.05, 3.63) is 48.5 Å². The third-order valence-electron chi connectivity index (χ3n) is 5.69. The van der Waals surface area contributed by atoms with Crippen LogP contribution in [0.25, 0.3) is 0 Å². The highest BCUT2D eigenvalue weighted by Crippen LogP contribution is 2.72. The van der Waals surface area contributed by atoms with E-state index in [4.69, 9.17) is 0 Å². The van der Waals surface area contributed by atoms with Crippen LogP contribution in [0.1, 0.15) is 37.7 Å². The zero-order valence-corrected chi connectivity index (χ0v) is 13.2. The first kappa shape index (κ1) is 14.4. The number of carbonyl (C=O) groups is 1. The van der Waals surface area contributed by atoms with Crippen molar-refractivity contribution in [1.29, 1.82) is 0 Å². The predicted octanol–water partition coefficient (Wildman–Crippen LogP) is 2.30. The van der Waals surface area contributed by atoms with Crippen molar-refractivity contribution in [1.82, 2.24) is 20.1 Å². The Labute approximate surface area is 136 Å². The van der Waals surface area contributed by atoms with E-state index in [0.29, 0.717) is 13.1 Å². The fraction of sp³-hybridized carbons (Fsp3) is 0.500. The number of hydrogen-bond acceptors (Lipinski definition) is 3. The topological polar surface area (TPSA) is 59.8 Å². The summed E-state index contributed by atoms with van der Waals surface area (Å²) in [4.78, 5) is 17.0. The zero-order chi connectivity index (χ0) is 15.8. The Morgan fingerprint density at radius 2 is 2.00 bits per heavy atom. The minimum atomic E-state index is -0.312. The summed E-state index contributed by atoms with van der Waals surface area (Å²) in [6.07, 6.45) is 9.05. The Hall–Kier alpha value is -2.17. The standard InChI is InChI=1S/C18H22N4O/c23-16(20-10-11-22-14-19-13-21-22)18(15-6-2-1-3-7-15)12-17(18)8-4-5-9-17/h1-3,6-7,13-14H,4-5,8-12H2,(H,20,23)/t18-/m1/s1. The number of benzene rings is 1. The first-order valence-electron chi connectivity index (χ1n) is 8.43. The summed E-state index contributed by atoms with van der Waals surface area (Å²) >= 11 is 0. The quantitative estimate of drug-likeness (QED) is 0.922. The van der Waals surface area contributed by atoms with Crippen LogP contribution in [0.2, 0.25) is 0 Å². The molecule has 1 aromatic carbocycles. The number of carbonyl (C=O) groups excluding carboxylic acids is 1. The predicted molar refractivity (Wildman–Crippen MR) is 86.7 cm³/mol. The van der Waals surface area contributed by atoms with Crippen LogP contribution in [-0.2, 0) is 16.8 Å². The van der Waals surface area contributed by atoms with Crippen molar-refractivity contribution < 1.29 is 4.79 Å². The van der Waals surface area contributed by atoms with E-state index in [-0.39, 0.29) is 16.7 Å². The fourth-order valence-electron chi connectivity index (χ4n) is 4.48. The van der Waals surface area contributed by atoms with Crippen molar-refractivity contribution in [2.24, 2.45) is 5.41 Å². The molecule has 0 aliphatic heterocycles. The molecule has 1 heterocycles. The van der Waals surface area contributed by atoms with E-state index in [1.54, 1.807) is 11.0 Å².